The van der Waals surface area contributed by atoms with Crippen molar-refractivity contribution in [1.29, 1.82) is 0 Å². The van der Waals surface area contributed by atoms with Gasteiger partial charge in [0.05, 0.1) is 30.0 Å². The van der Waals surface area contributed by atoms with Gasteiger partial charge in [0.2, 0.25) is 0 Å². The molecule has 2 aromatic rings. The van der Waals surface area contributed by atoms with Gasteiger partial charge in [-0.15, -0.1) is 5.10 Å². The fourth-order valence-corrected chi connectivity index (χ4v) is 3.53. The number of pyridine rings is 1. The molecule has 3 fully saturated rings. The van der Waals surface area contributed by atoms with Gasteiger partial charge in [-0.25, -0.2) is 4.68 Å². The number of nitrogens with zero attached hydrogens (tertiary/aromatic N) is 4. The summed E-state index contributed by atoms with van der Waals surface area (Å²) in [5.41, 5.74) is 2.03. The van der Waals surface area contributed by atoms with Crippen LogP contribution in [0.5, 0.6) is 0 Å². The van der Waals surface area contributed by atoms with E-state index in [9.17, 15) is 0 Å². The first-order chi connectivity index (χ1) is 12.7. The molecule has 1 spiro atoms. The van der Waals surface area contributed by atoms with Crippen molar-refractivity contribution >= 4 is 11.6 Å². The van der Waals surface area contributed by atoms with Crippen molar-refractivity contribution in [2.45, 2.75) is 50.5 Å². The van der Waals surface area contributed by atoms with Crippen molar-refractivity contribution in [2.24, 2.45) is 5.92 Å². The van der Waals surface area contributed by atoms with Crippen LogP contribution in [0.15, 0.2) is 18.5 Å². The third kappa shape index (κ3) is 3.23. The van der Waals surface area contributed by atoms with Crippen LogP contribution in [-0.4, -0.2) is 38.5 Å². The van der Waals surface area contributed by atoms with E-state index >= 15 is 0 Å². The summed E-state index contributed by atoms with van der Waals surface area (Å²) < 4.78 is 13.5. The van der Waals surface area contributed by atoms with E-state index in [1.807, 2.05) is 12.3 Å². The molecule has 0 amide bonds. The van der Waals surface area contributed by atoms with E-state index in [4.69, 9.17) is 21.1 Å². The van der Waals surface area contributed by atoms with Crippen LogP contribution in [0.3, 0.4) is 0 Å². The molecule has 6 nitrogen and oxygen atoms in total. The van der Waals surface area contributed by atoms with Crippen LogP contribution in [0.4, 0.5) is 0 Å². The van der Waals surface area contributed by atoms with Crippen LogP contribution in [0.2, 0.25) is 5.02 Å². The molecule has 1 aliphatic heterocycles. The largest absolute Gasteiger partial charge is 0.348 e. The van der Waals surface area contributed by atoms with Crippen LogP contribution in [0, 0.1) is 17.8 Å². The topological polar surface area (TPSA) is 62.1 Å². The molecule has 0 N–H and O–H groups in total. The van der Waals surface area contributed by atoms with Gasteiger partial charge < -0.3 is 9.47 Å². The van der Waals surface area contributed by atoms with Crippen LogP contribution in [0.25, 0.3) is 11.4 Å². The van der Waals surface area contributed by atoms with E-state index in [1.165, 1.54) is 19.3 Å². The Kier molecular flexibility index (Phi) is 3.96. The molecule has 2 aromatic heterocycles. The molecular formula is C19H19ClN4O2. The second kappa shape index (κ2) is 6.34. The second-order valence-corrected chi connectivity index (χ2v) is 7.73. The zero-order valence-electron chi connectivity index (χ0n) is 14.3. The molecule has 2 saturated carbocycles. The van der Waals surface area contributed by atoms with Gasteiger partial charge in [-0.3, -0.25) is 4.98 Å². The molecule has 2 aliphatic carbocycles. The Labute approximate surface area is 156 Å². The Bertz CT molecular complexity index is 892. The molecule has 134 valence electrons. The van der Waals surface area contributed by atoms with Gasteiger partial charge in [-0.1, -0.05) is 28.7 Å². The van der Waals surface area contributed by atoms with E-state index in [-0.39, 0.29) is 11.9 Å². The van der Waals surface area contributed by atoms with Gasteiger partial charge in [0.25, 0.3) is 0 Å². The molecule has 1 unspecified atom stereocenters. The van der Waals surface area contributed by atoms with Crippen LogP contribution >= 0.6 is 11.6 Å². The van der Waals surface area contributed by atoms with Gasteiger partial charge in [0.15, 0.2) is 6.29 Å². The summed E-state index contributed by atoms with van der Waals surface area (Å²) in [6.45, 7) is 1.19. The third-order valence-corrected chi connectivity index (χ3v) is 5.42. The molecule has 3 aliphatic rings. The average molecular weight is 371 g/mol. The number of hydrogen-bond donors (Lipinski definition) is 0. The fourth-order valence-electron chi connectivity index (χ4n) is 3.27. The quantitative estimate of drug-likeness (QED) is 0.777. The first-order valence-electron chi connectivity index (χ1n) is 9.06. The van der Waals surface area contributed by atoms with Gasteiger partial charge in [0, 0.05) is 17.7 Å². The van der Waals surface area contributed by atoms with Gasteiger partial charge in [0.1, 0.15) is 11.4 Å². The number of hydrogen-bond acceptors (Lipinski definition) is 5. The SMILES string of the molecule is Clc1cc(C#CC2CC2)cnc1-c1cn(CC2OCC3(CCC3)O2)nn1. The molecule has 0 radical (unpaired) electrons. The summed E-state index contributed by atoms with van der Waals surface area (Å²) in [4.78, 5) is 4.42. The van der Waals surface area contributed by atoms with Gasteiger partial charge in [-0.05, 0) is 38.2 Å². The predicted octanol–water partition coefficient (Wildman–Crippen LogP) is 3.05. The maximum atomic E-state index is 6.38. The highest BCUT2D eigenvalue weighted by molar-refractivity contribution is 6.33. The number of aromatic nitrogens is 4. The fraction of sp³-hybridized carbons (Fsp3) is 0.526. The lowest BCUT2D eigenvalue weighted by molar-refractivity contribution is -0.123. The predicted molar refractivity (Wildman–Crippen MR) is 95.3 cm³/mol. The highest BCUT2D eigenvalue weighted by atomic mass is 35.5. The second-order valence-electron chi connectivity index (χ2n) is 7.32. The Morgan fingerprint density at radius 1 is 1.35 bits per heavy atom. The summed E-state index contributed by atoms with van der Waals surface area (Å²) in [6, 6.07) is 1.84. The molecule has 7 heteroatoms. The van der Waals surface area contributed by atoms with Crippen LogP contribution < -0.4 is 0 Å². The monoisotopic (exact) mass is 370 g/mol. The van der Waals surface area contributed by atoms with Crippen LogP contribution in [-0.2, 0) is 16.0 Å². The van der Waals surface area contributed by atoms with E-state index in [0.717, 1.165) is 18.4 Å². The molecule has 26 heavy (non-hydrogen) atoms. The maximum absolute atomic E-state index is 6.38. The minimum atomic E-state index is -0.270. The highest BCUT2D eigenvalue weighted by Gasteiger charge is 2.46. The maximum Gasteiger partial charge on any atom is 0.178 e. The van der Waals surface area contributed by atoms with E-state index in [1.54, 1.807) is 10.9 Å². The Balaban J connectivity index is 1.28. The molecule has 0 aromatic carbocycles. The summed E-state index contributed by atoms with van der Waals surface area (Å²) >= 11 is 6.38. The Morgan fingerprint density at radius 2 is 2.23 bits per heavy atom. The smallest absolute Gasteiger partial charge is 0.178 e. The van der Waals surface area contributed by atoms with E-state index in [2.05, 4.69) is 27.1 Å². The lowest BCUT2D eigenvalue weighted by atomic mass is 9.81. The molecule has 3 heterocycles. The average Bonchev–Trinajstić information content (AvgIpc) is 3.14. The molecule has 0 bridgehead atoms. The normalized spacial score (nSPS) is 23.5. The van der Waals surface area contributed by atoms with E-state index in [0.29, 0.717) is 35.5 Å². The van der Waals surface area contributed by atoms with E-state index < -0.39 is 0 Å². The third-order valence-electron chi connectivity index (χ3n) is 5.14. The van der Waals surface area contributed by atoms with Crippen molar-refractivity contribution in [3.05, 3.63) is 29.0 Å². The molecule has 1 saturated heterocycles. The zero-order valence-corrected chi connectivity index (χ0v) is 15.1. The first-order valence-corrected chi connectivity index (χ1v) is 9.44. The van der Waals surface area contributed by atoms with Crippen molar-refractivity contribution in [2.75, 3.05) is 6.61 Å². The lowest BCUT2D eigenvalue weighted by Crippen LogP contribution is -2.40. The first kappa shape index (κ1) is 16.2. The standard InChI is InChI=1S/C19H19ClN4O2/c20-15-8-14(5-4-13-2-3-13)9-21-18(15)16-10-24(23-22-16)11-17-25-12-19(26-17)6-1-7-19/h8-10,13,17H,1-3,6-7,11-12H2. The summed E-state index contributed by atoms with van der Waals surface area (Å²) in [5.74, 6) is 6.89. The zero-order chi connectivity index (χ0) is 17.6. The lowest BCUT2D eigenvalue weighted by Gasteiger charge is -2.35. The van der Waals surface area contributed by atoms with Crippen molar-refractivity contribution in [1.82, 2.24) is 20.0 Å². The number of halogens is 1. The Morgan fingerprint density at radius 3 is 2.92 bits per heavy atom. The van der Waals surface area contributed by atoms with Crippen molar-refractivity contribution in [3.8, 4) is 23.2 Å². The summed E-state index contributed by atoms with van der Waals surface area (Å²) in [7, 11) is 0. The number of ether oxygens (including phenoxy) is 2. The van der Waals surface area contributed by atoms with Crippen molar-refractivity contribution in [3.63, 3.8) is 0 Å². The Hall–Kier alpha value is -1.94. The minimum absolute atomic E-state index is 0.0454. The number of rotatable bonds is 3. The highest BCUT2D eigenvalue weighted by Crippen LogP contribution is 2.41. The molecule has 5 rings (SSSR count). The van der Waals surface area contributed by atoms with Crippen LogP contribution in [0.1, 0.15) is 37.7 Å². The van der Waals surface area contributed by atoms with Gasteiger partial charge >= 0.3 is 0 Å². The minimum Gasteiger partial charge on any atom is -0.348 e. The summed E-state index contributed by atoms with van der Waals surface area (Å²) in [6.07, 6.45) is 9.07. The molecule has 1 atom stereocenters. The van der Waals surface area contributed by atoms with Crippen molar-refractivity contribution < 1.29 is 9.47 Å². The van der Waals surface area contributed by atoms with Gasteiger partial charge in [-0.2, -0.15) is 0 Å². The summed E-state index contributed by atoms with van der Waals surface area (Å²) in [5, 5.41) is 8.88. The molecular weight excluding hydrogens is 352 g/mol.